The Labute approximate surface area is 136 Å². The number of aromatic nitrogens is 3. The highest BCUT2D eigenvalue weighted by Gasteiger charge is 2.18. The Bertz CT molecular complexity index is 784. The van der Waals surface area contributed by atoms with E-state index >= 15 is 0 Å². The summed E-state index contributed by atoms with van der Waals surface area (Å²) in [6, 6.07) is 11.4. The van der Waals surface area contributed by atoms with Gasteiger partial charge in [-0.05, 0) is 44.5 Å². The van der Waals surface area contributed by atoms with Crippen LogP contribution >= 0.6 is 0 Å². The molecule has 4 heteroatoms. The first-order chi connectivity index (χ1) is 11.3. The van der Waals surface area contributed by atoms with Crippen molar-refractivity contribution in [2.24, 2.45) is 0 Å². The van der Waals surface area contributed by atoms with Crippen molar-refractivity contribution in [3.05, 3.63) is 48.4 Å². The Morgan fingerprint density at radius 2 is 1.78 bits per heavy atom. The van der Waals surface area contributed by atoms with Gasteiger partial charge in [0.1, 0.15) is 12.0 Å². The van der Waals surface area contributed by atoms with Crippen molar-refractivity contribution in [2.45, 2.75) is 32.2 Å². The maximum atomic E-state index is 4.47. The molecule has 0 spiro atoms. The molecular formula is C19H22N4. The summed E-state index contributed by atoms with van der Waals surface area (Å²) in [7, 11) is 0. The molecule has 3 aromatic rings. The highest BCUT2D eigenvalue weighted by Crippen LogP contribution is 2.28. The van der Waals surface area contributed by atoms with Gasteiger partial charge in [0.05, 0.1) is 5.69 Å². The van der Waals surface area contributed by atoms with E-state index in [4.69, 9.17) is 0 Å². The SMILES string of the molecule is C[C@@H](c1ccc(-c2ncnc3[nH]ccc23)cc1)N1CCCCC1. The second kappa shape index (κ2) is 6.13. The van der Waals surface area contributed by atoms with Crippen LogP contribution in [0, 0.1) is 0 Å². The van der Waals surface area contributed by atoms with Crippen LogP contribution < -0.4 is 0 Å². The number of piperidine rings is 1. The number of rotatable bonds is 3. The summed E-state index contributed by atoms with van der Waals surface area (Å²) in [4.78, 5) is 14.5. The predicted octanol–water partition coefficient (Wildman–Crippen LogP) is 4.17. The van der Waals surface area contributed by atoms with Crippen molar-refractivity contribution in [3.63, 3.8) is 0 Å². The van der Waals surface area contributed by atoms with Crippen LogP contribution in [0.3, 0.4) is 0 Å². The Morgan fingerprint density at radius 3 is 2.57 bits per heavy atom. The Morgan fingerprint density at radius 1 is 1.00 bits per heavy atom. The van der Waals surface area contributed by atoms with Crippen molar-refractivity contribution >= 4 is 11.0 Å². The Hall–Kier alpha value is -2.20. The molecule has 1 N–H and O–H groups in total. The fraction of sp³-hybridized carbons (Fsp3) is 0.368. The van der Waals surface area contributed by atoms with Gasteiger partial charge in [0.25, 0.3) is 0 Å². The van der Waals surface area contributed by atoms with Gasteiger partial charge < -0.3 is 4.98 Å². The number of aromatic amines is 1. The summed E-state index contributed by atoms with van der Waals surface area (Å²) < 4.78 is 0. The molecule has 2 aromatic heterocycles. The summed E-state index contributed by atoms with van der Waals surface area (Å²) in [5.74, 6) is 0. The van der Waals surface area contributed by atoms with Crippen molar-refractivity contribution in [1.82, 2.24) is 19.9 Å². The zero-order valence-corrected chi connectivity index (χ0v) is 13.5. The number of fused-ring (bicyclic) bond motifs is 1. The van der Waals surface area contributed by atoms with E-state index in [1.54, 1.807) is 6.33 Å². The third kappa shape index (κ3) is 2.75. The largest absolute Gasteiger partial charge is 0.346 e. The lowest BCUT2D eigenvalue weighted by Crippen LogP contribution is -2.32. The highest BCUT2D eigenvalue weighted by molar-refractivity contribution is 5.90. The molecule has 23 heavy (non-hydrogen) atoms. The molecule has 0 amide bonds. The van der Waals surface area contributed by atoms with Crippen LogP contribution in [0.25, 0.3) is 22.3 Å². The van der Waals surface area contributed by atoms with E-state index in [1.807, 2.05) is 12.3 Å². The van der Waals surface area contributed by atoms with E-state index in [2.05, 4.69) is 51.0 Å². The minimum absolute atomic E-state index is 0.488. The van der Waals surface area contributed by atoms with Gasteiger partial charge in [-0.3, -0.25) is 4.90 Å². The van der Waals surface area contributed by atoms with Gasteiger partial charge in [0.15, 0.2) is 0 Å². The molecule has 4 rings (SSSR count). The average molecular weight is 306 g/mol. The molecule has 118 valence electrons. The Kier molecular flexibility index (Phi) is 3.83. The molecule has 0 unspecified atom stereocenters. The third-order valence-electron chi connectivity index (χ3n) is 4.96. The first-order valence-corrected chi connectivity index (χ1v) is 8.45. The third-order valence-corrected chi connectivity index (χ3v) is 4.96. The number of likely N-dealkylation sites (tertiary alicyclic amines) is 1. The van der Waals surface area contributed by atoms with E-state index in [9.17, 15) is 0 Å². The molecule has 1 aliphatic rings. The lowest BCUT2D eigenvalue weighted by Gasteiger charge is -2.32. The van der Waals surface area contributed by atoms with E-state index in [0.29, 0.717) is 6.04 Å². The van der Waals surface area contributed by atoms with Gasteiger partial charge in [-0.15, -0.1) is 0 Å². The summed E-state index contributed by atoms with van der Waals surface area (Å²) in [5, 5.41) is 1.07. The minimum Gasteiger partial charge on any atom is -0.346 e. The summed E-state index contributed by atoms with van der Waals surface area (Å²) in [5.41, 5.74) is 4.41. The molecule has 4 nitrogen and oxygen atoms in total. The molecule has 1 fully saturated rings. The number of hydrogen-bond donors (Lipinski definition) is 1. The van der Waals surface area contributed by atoms with Crippen LogP contribution in [0.2, 0.25) is 0 Å². The van der Waals surface area contributed by atoms with Crippen LogP contribution in [-0.2, 0) is 0 Å². The van der Waals surface area contributed by atoms with Crippen LogP contribution in [0.4, 0.5) is 0 Å². The monoisotopic (exact) mass is 306 g/mol. The molecule has 0 bridgehead atoms. The number of nitrogens with one attached hydrogen (secondary N) is 1. The Balaban J connectivity index is 1.61. The van der Waals surface area contributed by atoms with Crippen LogP contribution in [-0.4, -0.2) is 32.9 Å². The first kappa shape index (κ1) is 14.4. The number of benzene rings is 1. The van der Waals surface area contributed by atoms with Crippen molar-refractivity contribution < 1.29 is 0 Å². The van der Waals surface area contributed by atoms with Crippen molar-refractivity contribution in [3.8, 4) is 11.3 Å². The maximum absolute atomic E-state index is 4.47. The highest BCUT2D eigenvalue weighted by atomic mass is 15.2. The van der Waals surface area contributed by atoms with Crippen LogP contribution in [0.15, 0.2) is 42.9 Å². The summed E-state index contributed by atoms with van der Waals surface area (Å²) in [6.07, 6.45) is 7.57. The average Bonchev–Trinajstić information content (AvgIpc) is 3.11. The first-order valence-electron chi connectivity index (χ1n) is 8.45. The minimum atomic E-state index is 0.488. The molecule has 3 heterocycles. The van der Waals surface area contributed by atoms with Gasteiger partial charge in [0, 0.05) is 23.2 Å². The molecular weight excluding hydrogens is 284 g/mol. The summed E-state index contributed by atoms with van der Waals surface area (Å²) in [6.45, 7) is 4.76. The van der Waals surface area contributed by atoms with E-state index < -0.39 is 0 Å². The number of nitrogens with zero attached hydrogens (tertiary/aromatic N) is 3. The van der Waals surface area contributed by atoms with E-state index in [-0.39, 0.29) is 0 Å². The fourth-order valence-electron chi connectivity index (χ4n) is 3.54. The van der Waals surface area contributed by atoms with Gasteiger partial charge in [-0.1, -0.05) is 30.7 Å². The lowest BCUT2D eigenvalue weighted by atomic mass is 10.0. The van der Waals surface area contributed by atoms with Gasteiger partial charge in [-0.25, -0.2) is 9.97 Å². The normalized spacial score (nSPS) is 17.4. The molecule has 1 aromatic carbocycles. The second-order valence-electron chi connectivity index (χ2n) is 6.36. The standard InChI is InChI=1S/C19H22N4/c1-14(23-11-3-2-4-12-23)15-5-7-16(8-6-15)18-17-9-10-20-19(17)22-13-21-18/h5-10,13-14H,2-4,11-12H2,1H3,(H,20,21,22)/t14-/m0/s1. The van der Waals surface area contributed by atoms with E-state index in [0.717, 1.165) is 22.3 Å². The molecule has 0 aliphatic carbocycles. The second-order valence-corrected chi connectivity index (χ2v) is 6.36. The van der Waals surface area contributed by atoms with Gasteiger partial charge in [-0.2, -0.15) is 0 Å². The predicted molar refractivity (Wildman–Crippen MR) is 93.2 cm³/mol. The quantitative estimate of drug-likeness (QED) is 0.790. The number of H-pyrrole nitrogens is 1. The molecule has 0 saturated carbocycles. The lowest BCUT2D eigenvalue weighted by molar-refractivity contribution is 0.175. The van der Waals surface area contributed by atoms with Crippen LogP contribution in [0.5, 0.6) is 0 Å². The van der Waals surface area contributed by atoms with E-state index in [1.165, 1.54) is 37.9 Å². The molecule has 0 radical (unpaired) electrons. The zero-order chi connectivity index (χ0) is 15.6. The van der Waals surface area contributed by atoms with Crippen LogP contribution in [0.1, 0.15) is 37.8 Å². The fourth-order valence-corrected chi connectivity index (χ4v) is 3.54. The van der Waals surface area contributed by atoms with Gasteiger partial charge >= 0.3 is 0 Å². The zero-order valence-electron chi connectivity index (χ0n) is 13.5. The maximum Gasteiger partial charge on any atom is 0.141 e. The molecule has 1 aliphatic heterocycles. The smallest absolute Gasteiger partial charge is 0.141 e. The molecule has 1 atom stereocenters. The number of hydrogen-bond acceptors (Lipinski definition) is 3. The van der Waals surface area contributed by atoms with Crippen molar-refractivity contribution in [1.29, 1.82) is 0 Å². The van der Waals surface area contributed by atoms with Gasteiger partial charge in [0.2, 0.25) is 0 Å². The summed E-state index contributed by atoms with van der Waals surface area (Å²) >= 11 is 0. The molecule has 1 saturated heterocycles. The topological polar surface area (TPSA) is 44.8 Å². The van der Waals surface area contributed by atoms with Crippen molar-refractivity contribution in [2.75, 3.05) is 13.1 Å².